The largest absolute Gasteiger partial charge is 0.460 e. The summed E-state index contributed by atoms with van der Waals surface area (Å²) in [5.74, 6) is 1.07. The van der Waals surface area contributed by atoms with Crippen molar-refractivity contribution in [1.82, 2.24) is 5.32 Å². The van der Waals surface area contributed by atoms with Crippen LogP contribution < -0.4 is 5.32 Å². The first-order valence-electron chi connectivity index (χ1n) is 7.46. The van der Waals surface area contributed by atoms with Crippen LogP contribution in [0.4, 0.5) is 4.39 Å². The van der Waals surface area contributed by atoms with Gasteiger partial charge < -0.3 is 9.73 Å². The molecule has 0 bridgehead atoms. The normalized spacial score (nSPS) is 12.3. The molecule has 1 N–H and O–H groups in total. The van der Waals surface area contributed by atoms with Gasteiger partial charge in [0.15, 0.2) is 0 Å². The van der Waals surface area contributed by atoms with Gasteiger partial charge in [0, 0.05) is 11.6 Å². The Labute approximate surface area is 139 Å². The van der Waals surface area contributed by atoms with Crippen molar-refractivity contribution in [2.75, 3.05) is 0 Å². The van der Waals surface area contributed by atoms with E-state index < -0.39 is 5.82 Å². The topological polar surface area (TPSA) is 25.2 Å². The highest BCUT2D eigenvalue weighted by atomic mass is 35.5. The molecule has 1 aromatic heterocycles. The maximum atomic E-state index is 13.2. The van der Waals surface area contributed by atoms with Gasteiger partial charge in [-0.05, 0) is 42.8 Å². The molecule has 0 aliphatic heterocycles. The number of rotatable bonds is 5. The second-order valence-electron chi connectivity index (χ2n) is 5.41. The molecule has 0 saturated heterocycles. The Balaban J connectivity index is 1.66. The molecule has 0 saturated carbocycles. The van der Waals surface area contributed by atoms with E-state index in [-0.39, 0.29) is 11.1 Å². The highest BCUT2D eigenvalue weighted by Gasteiger charge is 2.09. The minimum Gasteiger partial charge on any atom is -0.460 e. The lowest BCUT2D eigenvalue weighted by Gasteiger charge is -2.12. The van der Waals surface area contributed by atoms with Gasteiger partial charge in [0.1, 0.15) is 17.3 Å². The van der Waals surface area contributed by atoms with E-state index in [9.17, 15) is 4.39 Å². The van der Waals surface area contributed by atoms with E-state index in [0.29, 0.717) is 12.3 Å². The average Bonchev–Trinajstić information content (AvgIpc) is 3.05. The first-order valence-corrected chi connectivity index (χ1v) is 7.84. The maximum absolute atomic E-state index is 13.2. The third kappa shape index (κ3) is 3.81. The summed E-state index contributed by atoms with van der Waals surface area (Å²) >= 11 is 5.81. The summed E-state index contributed by atoms with van der Waals surface area (Å²) in [5, 5.41) is 3.51. The summed E-state index contributed by atoms with van der Waals surface area (Å²) in [4.78, 5) is 0. The third-order valence-corrected chi connectivity index (χ3v) is 4.04. The van der Waals surface area contributed by atoms with Gasteiger partial charge in [-0.2, -0.15) is 0 Å². The van der Waals surface area contributed by atoms with Crippen LogP contribution in [-0.4, -0.2) is 0 Å². The summed E-state index contributed by atoms with van der Waals surface area (Å²) in [6, 6.07) is 18.8. The van der Waals surface area contributed by atoms with Crippen LogP contribution >= 0.6 is 11.6 Å². The Morgan fingerprint density at radius 3 is 2.61 bits per heavy atom. The second kappa shape index (κ2) is 6.99. The van der Waals surface area contributed by atoms with Crippen molar-refractivity contribution in [3.63, 3.8) is 0 Å². The number of hydrogen-bond donors (Lipinski definition) is 1. The fourth-order valence-corrected chi connectivity index (χ4v) is 2.57. The first-order chi connectivity index (χ1) is 11.1. The van der Waals surface area contributed by atoms with Crippen LogP contribution in [0.2, 0.25) is 5.02 Å². The highest BCUT2D eigenvalue weighted by molar-refractivity contribution is 6.31. The van der Waals surface area contributed by atoms with Gasteiger partial charge in [0.2, 0.25) is 0 Å². The monoisotopic (exact) mass is 329 g/mol. The molecule has 4 heteroatoms. The minimum atomic E-state index is -0.430. The van der Waals surface area contributed by atoms with E-state index >= 15 is 0 Å². The Hall–Kier alpha value is -2.10. The number of furan rings is 1. The molecule has 3 rings (SSSR count). The van der Waals surface area contributed by atoms with Crippen molar-refractivity contribution in [3.05, 3.63) is 82.8 Å². The van der Waals surface area contributed by atoms with Gasteiger partial charge >= 0.3 is 0 Å². The van der Waals surface area contributed by atoms with Crippen LogP contribution in [0, 0.1) is 5.82 Å². The average molecular weight is 330 g/mol. The molecule has 0 spiro atoms. The zero-order chi connectivity index (χ0) is 16.2. The van der Waals surface area contributed by atoms with Crippen molar-refractivity contribution >= 4 is 11.6 Å². The first kappa shape index (κ1) is 15.8. The molecular formula is C19H17ClFNO. The zero-order valence-corrected chi connectivity index (χ0v) is 13.5. The van der Waals surface area contributed by atoms with E-state index in [1.54, 1.807) is 12.1 Å². The Kier molecular flexibility index (Phi) is 4.79. The summed E-state index contributed by atoms with van der Waals surface area (Å²) in [5.41, 5.74) is 1.99. The number of hydrogen-bond acceptors (Lipinski definition) is 2. The molecule has 2 aromatic carbocycles. The van der Waals surface area contributed by atoms with E-state index in [1.165, 1.54) is 11.6 Å². The summed E-state index contributed by atoms with van der Waals surface area (Å²) < 4.78 is 19.0. The third-order valence-electron chi connectivity index (χ3n) is 3.75. The van der Waals surface area contributed by atoms with Crippen LogP contribution in [0.15, 0.2) is 65.1 Å². The fourth-order valence-electron chi connectivity index (χ4n) is 2.39. The van der Waals surface area contributed by atoms with Crippen LogP contribution in [-0.2, 0) is 6.54 Å². The molecule has 1 heterocycles. The molecule has 0 aliphatic carbocycles. The van der Waals surface area contributed by atoms with Gasteiger partial charge in [-0.3, -0.25) is 0 Å². The molecule has 0 amide bonds. The van der Waals surface area contributed by atoms with Crippen molar-refractivity contribution in [1.29, 1.82) is 0 Å². The standard InChI is InChI=1S/C19H17ClFNO/c1-13(14-5-3-2-4-6-14)22-12-16-8-10-19(23-16)15-7-9-18(21)17(20)11-15/h2-11,13,22H,12H2,1H3/t13-/m1/s1. The number of halogens is 2. The predicted octanol–water partition coefficient (Wildman–Crippen LogP) is 5.59. The van der Waals surface area contributed by atoms with Crippen LogP contribution in [0.25, 0.3) is 11.3 Å². The van der Waals surface area contributed by atoms with Crippen molar-refractivity contribution < 1.29 is 8.81 Å². The molecule has 118 valence electrons. The highest BCUT2D eigenvalue weighted by Crippen LogP contribution is 2.26. The summed E-state index contributed by atoms with van der Waals surface area (Å²) in [7, 11) is 0. The van der Waals surface area contributed by atoms with Gasteiger partial charge in [-0.1, -0.05) is 41.9 Å². The molecule has 0 unspecified atom stereocenters. The SMILES string of the molecule is C[C@@H](NCc1ccc(-c2ccc(F)c(Cl)c2)o1)c1ccccc1. The summed E-state index contributed by atoms with van der Waals surface area (Å²) in [6.07, 6.45) is 0. The van der Waals surface area contributed by atoms with Gasteiger partial charge in [-0.15, -0.1) is 0 Å². The Morgan fingerprint density at radius 2 is 1.87 bits per heavy atom. The zero-order valence-electron chi connectivity index (χ0n) is 12.7. The molecule has 1 atom stereocenters. The Morgan fingerprint density at radius 1 is 1.09 bits per heavy atom. The fraction of sp³-hybridized carbons (Fsp3) is 0.158. The van der Waals surface area contributed by atoms with Crippen LogP contribution in [0.1, 0.15) is 24.3 Å². The van der Waals surface area contributed by atoms with E-state index in [1.807, 2.05) is 30.3 Å². The smallest absolute Gasteiger partial charge is 0.141 e. The minimum absolute atomic E-state index is 0.0938. The van der Waals surface area contributed by atoms with Gasteiger partial charge in [0.05, 0.1) is 11.6 Å². The molecule has 0 radical (unpaired) electrons. The summed E-state index contributed by atoms with van der Waals surface area (Å²) in [6.45, 7) is 2.73. The predicted molar refractivity (Wildman–Crippen MR) is 90.8 cm³/mol. The van der Waals surface area contributed by atoms with Gasteiger partial charge in [-0.25, -0.2) is 4.39 Å². The van der Waals surface area contributed by atoms with E-state index in [0.717, 1.165) is 11.3 Å². The second-order valence-corrected chi connectivity index (χ2v) is 5.82. The van der Waals surface area contributed by atoms with Crippen molar-refractivity contribution in [3.8, 4) is 11.3 Å². The van der Waals surface area contributed by atoms with Crippen molar-refractivity contribution in [2.45, 2.75) is 19.5 Å². The van der Waals surface area contributed by atoms with E-state index in [4.69, 9.17) is 16.0 Å². The number of benzene rings is 2. The van der Waals surface area contributed by atoms with Crippen LogP contribution in [0.5, 0.6) is 0 Å². The van der Waals surface area contributed by atoms with Crippen molar-refractivity contribution in [2.24, 2.45) is 0 Å². The quantitative estimate of drug-likeness (QED) is 0.660. The lowest BCUT2D eigenvalue weighted by molar-refractivity contribution is 0.468. The molecule has 0 fully saturated rings. The van der Waals surface area contributed by atoms with Gasteiger partial charge in [0.25, 0.3) is 0 Å². The van der Waals surface area contributed by atoms with E-state index in [2.05, 4.69) is 24.4 Å². The molecule has 0 aliphatic rings. The molecular weight excluding hydrogens is 313 g/mol. The molecule has 2 nitrogen and oxygen atoms in total. The number of nitrogens with one attached hydrogen (secondary N) is 1. The maximum Gasteiger partial charge on any atom is 0.141 e. The lowest BCUT2D eigenvalue weighted by atomic mass is 10.1. The lowest BCUT2D eigenvalue weighted by Crippen LogP contribution is -2.17. The van der Waals surface area contributed by atoms with Crippen LogP contribution in [0.3, 0.4) is 0 Å². The molecule has 23 heavy (non-hydrogen) atoms. The molecule has 3 aromatic rings. The Bertz CT molecular complexity index is 785.